The van der Waals surface area contributed by atoms with Crippen molar-refractivity contribution in [3.05, 3.63) is 49.8 Å². The quantitative estimate of drug-likeness (QED) is 0.00844. The Morgan fingerprint density at radius 2 is 1.39 bits per heavy atom. The first-order valence-corrected chi connectivity index (χ1v) is 42.0. The minimum atomic E-state index is -2.11. The van der Waals surface area contributed by atoms with Gasteiger partial charge in [0.05, 0.1) is 196 Å². The number of Topliss-reactive ketones (excluding diaryl/α,β-unsaturated/α-hetero) is 1. The molecule has 6 aliphatic rings. The van der Waals surface area contributed by atoms with Crippen LogP contribution in [0.2, 0.25) is 0 Å². The molecule has 640 valence electrons. The Hall–Kier alpha value is -3.98. The van der Waals surface area contributed by atoms with Crippen molar-refractivity contribution < 1.29 is 140 Å². The highest BCUT2D eigenvalue weighted by Crippen LogP contribution is 2.48. The number of rotatable bonds is 47. The lowest BCUT2D eigenvalue weighted by molar-refractivity contribution is -0.337. The van der Waals surface area contributed by atoms with Crippen LogP contribution in [-0.2, 0) is 90.2 Å². The van der Waals surface area contributed by atoms with Gasteiger partial charge in [0.1, 0.15) is 41.7 Å². The smallest absolute Gasteiger partial charge is 0.411 e. The number of ether oxygens (including phenoxy) is 19. The summed E-state index contributed by atoms with van der Waals surface area (Å²) in [7, 11) is 9.84. The van der Waals surface area contributed by atoms with Crippen molar-refractivity contribution in [2.75, 3.05) is 167 Å². The molecule has 0 radical (unpaired) electrons. The van der Waals surface area contributed by atoms with Gasteiger partial charge in [-0.2, -0.15) is 16.8 Å². The predicted molar refractivity (Wildman–Crippen MR) is 426 cm³/mol. The molecule has 1 aromatic rings. The molecule has 4 saturated heterocycles. The van der Waals surface area contributed by atoms with E-state index in [2.05, 4.69) is 39.8 Å². The maximum Gasteiger partial charge on any atom is 0.411 e. The van der Waals surface area contributed by atoms with Gasteiger partial charge in [0.25, 0.3) is 0 Å². The van der Waals surface area contributed by atoms with Crippen molar-refractivity contribution in [2.45, 2.75) is 188 Å². The zero-order valence-electron chi connectivity index (χ0n) is 66.2. The summed E-state index contributed by atoms with van der Waals surface area (Å²) in [6.45, 7) is 19.5. The van der Waals surface area contributed by atoms with Crippen LogP contribution in [0, 0.1) is 34.2 Å². The maximum atomic E-state index is 14.4. The summed E-state index contributed by atoms with van der Waals surface area (Å²) in [6, 6.07) is -1.63. The molecule has 11 N–H and O–H groups in total. The lowest BCUT2D eigenvalue weighted by atomic mass is 9.75. The summed E-state index contributed by atoms with van der Waals surface area (Å²) in [4.78, 5) is 49.2. The Bertz CT molecular complexity index is 3390. The highest BCUT2D eigenvalue weighted by Gasteiger charge is 2.52. The van der Waals surface area contributed by atoms with Crippen LogP contribution in [0.3, 0.4) is 0 Å². The number of thiol groups is 1. The first kappa shape index (κ1) is 96.2. The highest BCUT2D eigenvalue weighted by molar-refractivity contribution is 14.1. The van der Waals surface area contributed by atoms with Crippen molar-refractivity contribution in [3.8, 4) is 40.9 Å². The lowest BCUT2D eigenvalue weighted by Gasteiger charge is -2.47. The minimum Gasteiger partial charge on any atom is -0.492 e. The van der Waals surface area contributed by atoms with E-state index in [0.717, 1.165) is 7.11 Å². The molecule has 0 spiro atoms. The summed E-state index contributed by atoms with van der Waals surface area (Å²) in [6.07, 6.45) is -14.9. The predicted octanol–water partition coefficient (Wildman–Crippen LogP) is 1.86. The number of nitrogens with zero attached hydrogens (tertiary/aromatic N) is 1. The van der Waals surface area contributed by atoms with E-state index in [0.29, 0.717) is 114 Å². The van der Waals surface area contributed by atoms with Gasteiger partial charge in [-0.25, -0.2) is 4.79 Å². The van der Waals surface area contributed by atoms with Crippen LogP contribution in [0.4, 0.5) is 4.79 Å². The molecule has 4 fully saturated rings. The van der Waals surface area contributed by atoms with Crippen LogP contribution in [-0.4, -0.2) is 345 Å². The summed E-state index contributed by atoms with van der Waals surface area (Å²) < 4.78 is 113. The molecule has 38 heteroatoms. The summed E-state index contributed by atoms with van der Waals surface area (Å²) in [5, 5.41) is 75.9. The molecule has 113 heavy (non-hydrogen) atoms. The fraction of sp³-hybridized carbons (Fsp3) is 0.733. The number of ketones is 1. The Labute approximate surface area is 686 Å². The number of aliphatic hydroxyl groups excluding tert-OH is 5. The third kappa shape index (κ3) is 28.3. The standard InChI is InChI=1S/C75H116IN5O29S3/c1-13-81(41-54(84)78-22-24-97-26-28-99-30-32-101-34-36-102-35-33-100-31-29-98-27-25-96-23-21-77)49-42-103-55(39-53(49)91-8)108-68-63(86)60(45(5)105-73(68)107-52-18-16-14-15-17-20-75(90)40-51(83)61(79-74(89)95-12)58(52)48(75)19-37-111-113-43(2)3)80-110-56-38-50(82)70(47(7)104-56)112-71(88)57-44(4)59(76)66(69(94-11)65(57)92-9)109-72-64(87)67(93-10)62(85)46(6)106-72/h14-15,19,43,45-47,49-50,52-53,55-56,60,62-64,67-68,70,72-73,80,82,85-88,90,112H,13,21-42,77H2,1-12H3,(H,78,84)(H,79,89)/b15-14?,48-19+/t45-,46+,47-,49+,50+,52+,53+,55+,56+,60-,62+,63+,64-,67-,68-,70-,72+,73+,75+/m1/s1. The molecular formula is C75H116IN5O29S3. The zero-order valence-corrected chi connectivity index (χ0v) is 70.9. The molecule has 34 nitrogen and oxygen atoms in total. The van der Waals surface area contributed by atoms with Crippen LogP contribution >= 0.6 is 55.5 Å². The Morgan fingerprint density at radius 3 is 1.97 bits per heavy atom. The van der Waals surface area contributed by atoms with Crippen LogP contribution in [0.15, 0.2) is 35.1 Å². The molecule has 1 aromatic carbocycles. The first-order valence-electron chi connectivity index (χ1n) is 37.6. The molecule has 0 unspecified atom stereocenters. The fourth-order valence-corrected chi connectivity index (χ4v) is 16.7. The number of hydrogen-bond acceptors (Lipinski definition) is 33. The average molecular weight is 1770 g/mol. The zero-order chi connectivity index (χ0) is 82.2. The maximum absolute atomic E-state index is 14.4. The van der Waals surface area contributed by atoms with Crippen LogP contribution in [0.1, 0.15) is 71.9 Å². The van der Waals surface area contributed by atoms with Gasteiger partial charge < -0.3 is 132 Å². The van der Waals surface area contributed by atoms with Crippen LogP contribution < -0.4 is 36.1 Å². The normalized spacial score (nSPS) is 29.8. The van der Waals surface area contributed by atoms with Crippen molar-refractivity contribution in [3.63, 3.8) is 0 Å². The molecule has 0 saturated carbocycles. The number of carbonyl (C=O) groups is 3. The van der Waals surface area contributed by atoms with E-state index in [1.165, 1.54) is 51.4 Å². The number of carbonyl (C=O) groups excluding carboxylic acids is 3. The number of methoxy groups -OCH3 is 5. The molecule has 2 amide bonds. The molecule has 19 atom stereocenters. The number of fused-ring (bicyclic) bond motifs is 2. The number of benzene rings is 1. The minimum absolute atomic E-state index is 0.0102. The van der Waals surface area contributed by atoms with Gasteiger partial charge in [0, 0.05) is 62.3 Å². The second-order valence-corrected chi connectivity index (χ2v) is 32.3. The summed E-state index contributed by atoms with van der Waals surface area (Å²) >= 11 is 2.25. The van der Waals surface area contributed by atoms with E-state index in [-0.39, 0.29) is 106 Å². The van der Waals surface area contributed by atoms with Gasteiger partial charge in [-0.3, -0.25) is 24.6 Å². The van der Waals surface area contributed by atoms with Crippen molar-refractivity contribution in [1.82, 2.24) is 21.0 Å². The average Bonchev–Trinajstić information content (AvgIpc) is 0.756. The van der Waals surface area contributed by atoms with Gasteiger partial charge in [-0.15, -0.1) is 0 Å². The molecule has 2 aliphatic carbocycles. The van der Waals surface area contributed by atoms with Gasteiger partial charge in [0.15, 0.2) is 41.8 Å². The molecule has 4 heterocycles. The monoisotopic (exact) mass is 1770 g/mol. The molecular weight excluding hydrogens is 1660 g/mol. The number of alkyl carbamates (subject to hydrolysis) is 1. The molecule has 7 rings (SSSR count). The fourth-order valence-electron chi connectivity index (χ4n) is 13.0. The SMILES string of the molecule is CCN(CC(=O)NCCOCCOCCOCCOCCOCCOCCOCCN)[C@H]1CO[C@@H](O[C@H]2[C@H](O[C@H]3C#CC=CC#C[C@]4(O)CC(=O)C(NC(=O)OC)=C3/C4=C\CSSC(C)C)O[C@H](C)[C@@H](NO[C@H]3C[C@H](O)[C@H]([SH]=C(O)c4c(C)c(I)c(O[C@@H]5O[C@@H](C)[C@H](O)[C@@H](OC)[C@H]5O)c(OC)c4OC)[C@@H](C)O3)[C@@H]2O)C[C@@H]1OC. The van der Waals surface area contributed by atoms with E-state index < -0.39 is 134 Å². The topological polar surface area (TPSA) is 423 Å². The second-order valence-electron chi connectivity index (χ2n) is 26.9. The van der Waals surface area contributed by atoms with E-state index in [4.69, 9.17) is 101 Å². The lowest BCUT2D eigenvalue weighted by Crippen LogP contribution is -2.65. The third-order valence-electron chi connectivity index (χ3n) is 18.8. The van der Waals surface area contributed by atoms with Crippen LogP contribution in [0.5, 0.6) is 17.2 Å². The van der Waals surface area contributed by atoms with Gasteiger partial charge in [-0.05, 0) is 74.5 Å². The Kier molecular flexibility index (Phi) is 42.7. The number of nitrogens with one attached hydrogen (secondary N) is 3. The number of halogens is 1. The number of likely N-dealkylation sites (N-methyl/N-ethyl adjacent to an activating group) is 1. The van der Waals surface area contributed by atoms with Gasteiger partial charge in [-0.1, -0.05) is 72.1 Å². The Morgan fingerprint density at radius 1 is 0.770 bits per heavy atom. The number of hydrogen-bond donors (Lipinski definition) is 11. The van der Waals surface area contributed by atoms with Crippen molar-refractivity contribution in [2.24, 2.45) is 5.73 Å². The van der Waals surface area contributed by atoms with Gasteiger partial charge >= 0.3 is 6.09 Å². The summed E-state index contributed by atoms with van der Waals surface area (Å²) in [5.41, 5.74) is 6.73. The van der Waals surface area contributed by atoms with E-state index >= 15 is 0 Å². The van der Waals surface area contributed by atoms with Gasteiger partial charge in [0.2, 0.25) is 17.9 Å². The summed E-state index contributed by atoms with van der Waals surface area (Å²) in [5.74, 6) is 11.2. The number of allylic oxidation sites excluding steroid dienone is 3. The van der Waals surface area contributed by atoms with E-state index in [9.17, 15) is 45.0 Å². The van der Waals surface area contributed by atoms with E-state index in [1.807, 2.05) is 48.3 Å². The number of aliphatic hydroxyl groups is 6. The highest BCUT2D eigenvalue weighted by atomic mass is 127. The van der Waals surface area contributed by atoms with Crippen molar-refractivity contribution >= 4 is 78.4 Å². The molecule has 2 bridgehead atoms. The number of nitrogens with two attached hydrogens (primary N) is 1. The third-order valence-corrected chi connectivity index (χ3v) is 24.4. The second kappa shape index (κ2) is 50.2. The van der Waals surface area contributed by atoms with Crippen LogP contribution in [0.25, 0.3) is 0 Å². The number of hydroxylamine groups is 1. The largest absolute Gasteiger partial charge is 0.492 e. The number of amides is 2. The Balaban J connectivity index is 1.02. The van der Waals surface area contributed by atoms with Crippen molar-refractivity contribution in [1.29, 1.82) is 0 Å². The molecule has 4 aliphatic heterocycles. The first-order chi connectivity index (χ1) is 54.4. The van der Waals surface area contributed by atoms with E-state index in [1.54, 1.807) is 44.6 Å². The molecule has 0 aromatic heterocycles.